The Labute approximate surface area is 124 Å². The van der Waals surface area contributed by atoms with Crippen LogP contribution in [0, 0.1) is 16.7 Å². The molecule has 0 aliphatic heterocycles. The first kappa shape index (κ1) is 16.5. The van der Waals surface area contributed by atoms with Crippen molar-refractivity contribution in [3.05, 3.63) is 15.8 Å². The van der Waals surface area contributed by atoms with Crippen molar-refractivity contribution in [1.29, 1.82) is 5.26 Å². The topological polar surface area (TPSA) is 70.3 Å². The molecule has 1 heterocycles. The van der Waals surface area contributed by atoms with Crippen molar-refractivity contribution in [2.45, 2.75) is 46.5 Å². The fraction of sp³-hybridized carbons (Fsp3) is 0.600. The van der Waals surface area contributed by atoms with Gasteiger partial charge in [-0.15, -0.1) is 11.3 Å². The SMILES string of the molecule is CC(C)(C#N)CCOc1cc(C(C)(C)C)sc1C(=O)O. The molecule has 1 aromatic heterocycles. The van der Waals surface area contributed by atoms with Crippen molar-refractivity contribution in [3.63, 3.8) is 0 Å². The molecule has 0 amide bonds. The lowest BCUT2D eigenvalue weighted by atomic mass is 9.92. The summed E-state index contributed by atoms with van der Waals surface area (Å²) in [6.07, 6.45) is 0.559. The lowest BCUT2D eigenvalue weighted by Crippen LogP contribution is -2.13. The van der Waals surface area contributed by atoms with E-state index in [0.29, 0.717) is 18.8 Å². The van der Waals surface area contributed by atoms with E-state index < -0.39 is 11.4 Å². The molecule has 5 heteroatoms. The summed E-state index contributed by atoms with van der Waals surface area (Å²) >= 11 is 1.25. The molecule has 4 nitrogen and oxygen atoms in total. The van der Waals surface area contributed by atoms with E-state index in [1.807, 2.05) is 34.6 Å². The molecule has 0 aromatic carbocycles. The molecule has 0 aliphatic carbocycles. The van der Waals surface area contributed by atoms with Crippen molar-refractivity contribution < 1.29 is 14.6 Å². The molecule has 1 aromatic rings. The zero-order valence-corrected chi connectivity index (χ0v) is 13.4. The lowest BCUT2D eigenvalue weighted by Gasteiger charge is -2.16. The van der Waals surface area contributed by atoms with Crippen LogP contribution < -0.4 is 4.74 Å². The predicted octanol–water partition coefficient (Wildman–Crippen LogP) is 4.06. The number of nitriles is 1. The minimum atomic E-state index is -0.972. The van der Waals surface area contributed by atoms with Gasteiger partial charge in [-0.1, -0.05) is 20.8 Å². The molecule has 0 radical (unpaired) electrons. The molecule has 110 valence electrons. The van der Waals surface area contributed by atoms with Gasteiger partial charge in [0.1, 0.15) is 5.75 Å². The number of carboxylic acids is 1. The first-order valence-electron chi connectivity index (χ1n) is 6.48. The van der Waals surface area contributed by atoms with Crippen LogP contribution in [0.3, 0.4) is 0 Å². The molecular weight excluding hydrogens is 274 g/mol. The van der Waals surface area contributed by atoms with Crippen LogP contribution in [0.4, 0.5) is 0 Å². The van der Waals surface area contributed by atoms with E-state index in [1.165, 1.54) is 11.3 Å². The highest BCUT2D eigenvalue weighted by Crippen LogP contribution is 2.37. The van der Waals surface area contributed by atoms with Gasteiger partial charge < -0.3 is 9.84 Å². The summed E-state index contributed by atoms with van der Waals surface area (Å²) < 4.78 is 5.59. The number of hydrogen-bond donors (Lipinski definition) is 1. The Morgan fingerprint density at radius 1 is 1.40 bits per heavy atom. The zero-order valence-electron chi connectivity index (χ0n) is 12.6. The number of aromatic carboxylic acids is 1. The molecule has 0 saturated heterocycles. The second-order valence-electron chi connectivity index (χ2n) is 6.45. The average molecular weight is 295 g/mol. The van der Waals surface area contributed by atoms with E-state index in [1.54, 1.807) is 6.07 Å². The molecule has 0 bridgehead atoms. The first-order chi connectivity index (χ1) is 9.07. The van der Waals surface area contributed by atoms with E-state index in [4.69, 9.17) is 10.00 Å². The largest absolute Gasteiger partial charge is 0.492 e. The van der Waals surface area contributed by atoms with Gasteiger partial charge in [-0.25, -0.2) is 4.79 Å². The van der Waals surface area contributed by atoms with E-state index in [2.05, 4.69) is 6.07 Å². The fourth-order valence-corrected chi connectivity index (χ4v) is 2.47. The van der Waals surface area contributed by atoms with E-state index in [9.17, 15) is 9.90 Å². The van der Waals surface area contributed by atoms with Gasteiger partial charge >= 0.3 is 5.97 Å². The molecule has 1 rings (SSSR count). The van der Waals surface area contributed by atoms with Crippen molar-refractivity contribution in [2.75, 3.05) is 6.61 Å². The third-order valence-corrected chi connectivity index (χ3v) is 4.45. The second kappa shape index (κ2) is 5.84. The summed E-state index contributed by atoms with van der Waals surface area (Å²) in [5.74, 6) is -0.568. The fourth-order valence-electron chi connectivity index (χ4n) is 1.47. The summed E-state index contributed by atoms with van der Waals surface area (Å²) in [5, 5.41) is 18.2. The van der Waals surface area contributed by atoms with Crippen LogP contribution in [0.25, 0.3) is 0 Å². The number of rotatable bonds is 5. The van der Waals surface area contributed by atoms with E-state index in [0.717, 1.165) is 4.88 Å². The van der Waals surface area contributed by atoms with Crippen molar-refractivity contribution in [2.24, 2.45) is 5.41 Å². The standard InChI is InChI=1S/C15H21NO3S/c1-14(2,3)11-8-10(12(20-11)13(17)18)19-7-6-15(4,5)9-16/h8H,6-7H2,1-5H3,(H,17,18). The van der Waals surface area contributed by atoms with Gasteiger partial charge in [0.15, 0.2) is 4.88 Å². The number of carbonyl (C=O) groups is 1. The van der Waals surface area contributed by atoms with Gasteiger partial charge in [-0.05, 0) is 31.7 Å². The summed E-state index contributed by atoms with van der Waals surface area (Å²) in [6, 6.07) is 4.00. The van der Waals surface area contributed by atoms with Crippen LogP contribution >= 0.6 is 11.3 Å². The summed E-state index contributed by atoms with van der Waals surface area (Å²) in [6.45, 7) is 10.1. The van der Waals surface area contributed by atoms with Crippen LogP contribution in [0.2, 0.25) is 0 Å². The number of nitrogens with zero attached hydrogens (tertiary/aromatic N) is 1. The van der Waals surface area contributed by atoms with E-state index in [-0.39, 0.29) is 10.3 Å². The monoisotopic (exact) mass is 295 g/mol. The van der Waals surface area contributed by atoms with E-state index >= 15 is 0 Å². The maximum atomic E-state index is 11.3. The third-order valence-electron chi connectivity index (χ3n) is 2.92. The normalized spacial score (nSPS) is 12.0. The Kier molecular flexibility index (Phi) is 4.82. The van der Waals surface area contributed by atoms with Crippen LogP contribution in [0.5, 0.6) is 5.75 Å². The number of hydrogen-bond acceptors (Lipinski definition) is 4. The third kappa shape index (κ3) is 4.24. The van der Waals surface area contributed by atoms with Gasteiger partial charge in [0, 0.05) is 4.88 Å². The minimum absolute atomic E-state index is 0.109. The molecule has 0 fully saturated rings. The first-order valence-corrected chi connectivity index (χ1v) is 7.30. The lowest BCUT2D eigenvalue weighted by molar-refractivity contribution is 0.0697. The molecular formula is C15H21NO3S. The van der Waals surface area contributed by atoms with Gasteiger partial charge in [0.2, 0.25) is 0 Å². The minimum Gasteiger partial charge on any atom is -0.492 e. The Bertz CT molecular complexity index is 532. The zero-order chi connectivity index (χ0) is 15.6. The Morgan fingerprint density at radius 2 is 2.00 bits per heavy atom. The van der Waals surface area contributed by atoms with Crippen LogP contribution in [0.1, 0.15) is 55.6 Å². The number of ether oxygens (including phenoxy) is 1. The summed E-state index contributed by atoms with van der Waals surface area (Å²) in [4.78, 5) is 12.5. The van der Waals surface area contributed by atoms with Crippen LogP contribution in [-0.4, -0.2) is 17.7 Å². The van der Waals surface area contributed by atoms with Gasteiger partial charge in [0.25, 0.3) is 0 Å². The molecule has 1 N–H and O–H groups in total. The van der Waals surface area contributed by atoms with Crippen molar-refractivity contribution in [1.82, 2.24) is 0 Å². The molecule has 0 unspecified atom stereocenters. The molecule has 20 heavy (non-hydrogen) atoms. The smallest absolute Gasteiger partial charge is 0.349 e. The number of carboxylic acid groups (broad SMARTS) is 1. The predicted molar refractivity (Wildman–Crippen MR) is 79.5 cm³/mol. The van der Waals surface area contributed by atoms with Gasteiger partial charge in [0.05, 0.1) is 18.1 Å². The Morgan fingerprint density at radius 3 is 2.45 bits per heavy atom. The maximum Gasteiger partial charge on any atom is 0.349 e. The van der Waals surface area contributed by atoms with Crippen molar-refractivity contribution in [3.8, 4) is 11.8 Å². The Balaban J connectivity index is 2.87. The second-order valence-corrected chi connectivity index (χ2v) is 7.51. The summed E-state index contributed by atoms with van der Waals surface area (Å²) in [7, 11) is 0. The van der Waals surface area contributed by atoms with Crippen molar-refractivity contribution >= 4 is 17.3 Å². The maximum absolute atomic E-state index is 11.3. The highest BCUT2D eigenvalue weighted by Gasteiger charge is 2.24. The van der Waals surface area contributed by atoms with Crippen LogP contribution in [-0.2, 0) is 5.41 Å². The highest BCUT2D eigenvalue weighted by atomic mass is 32.1. The average Bonchev–Trinajstić information content (AvgIpc) is 2.73. The molecule has 0 spiro atoms. The quantitative estimate of drug-likeness (QED) is 0.889. The summed E-state index contributed by atoms with van der Waals surface area (Å²) in [5.41, 5.74) is -0.575. The Hall–Kier alpha value is -1.54. The molecule has 0 atom stereocenters. The van der Waals surface area contributed by atoms with Gasteiger partial charge in [-0.2, -0.15) is 5.26 Å². The van der Waals surface area contributed by atoms with Gasteiger partial charge in [-0.3, -0.25) is 0 Å². The molecule has 0 aliphatic rings. The van der Waals surface area contributed by atoms with Crippen LogP contribution in [0.15, 0.2) is 6.07 Å². The molecule has 0 saturated carbocycles. The number of thiophene rings is 1. The highest BCUT2D eigenvalue weighted by molar-refractivity contribution is 7.14.